The van der Waals surface area contributed by atoms with Gasteiger partial charge in [0, 0.05) is 20.1 Å². The van der Waals surface area contributed by atoms with Gasteiger partial charge in [0.25, 0.3) is 0 Å². The van der Waals surface area contributed by atoms with Gasteiger partial charge in [-0.15, -0.1) is 0 Å². The van der Waals surface area contributed by atoms with E-state index in [9.17, 15) is 8.42 Å². The largest absolute Gasteiger partial charge is 0.397 e. The molecule has 0 saturated heterocycles. The number of anilines is 2. The monoisotopic (exact) mass is 299 g/mol. The summed E-state index contributed by atoms with van der Waals surface area (Å²) in [6, 6.07) is 4.99. The van der Waals surface area contributed by atoms with Gasteiger partial charge in [-0.05, 0) is 30.5 Å². The molecule has 5 nitrogen and oxygen atoms in total. The van der Waals surface area contributed by atoms with Crippen LogP contribution in [0.5, 0.6) is 0 Å². The molecule has 114 valence electrons. The van der Waals surface area contributed by atoms with Crippen LogP contribution in [0.4, 0.5) is 11.4 Å². The second-order valence-electron chi connectivity index (χ2n) is 6.27. The van der Waals surface area contributed by atoms with Crippen LogP contribution in [0.15, 0.2) is 23.1 Å². The number of rotatable bonds is 4. The van der Waals surface area contributed by atoms with E-state index >= 15 is 0 Å². The molecule has 0 aliphatic heterocycles. The van der Waals surface area contributed by atoms with E-state index in [4.69, 9.17) is 5.73 Å². The SMILES string of the molecule is CC(Nc1ccc(S(=O)(=O)N(C)C)cc1N)C(C)(C)C. The van der Waals surface area contributed by atoms with E-state index in [0.29, 0.717) is 5.69 Å². The lowest BCUT2D eigenvalue weighted by molar-refractivity contribution is 0.359. The van der Waals surface area contributed by atoms with Gasteiger partial charge in [0.1, 0.15) is 0 Å². The Morgan fingerprint density at radius 2 is 1.80 bits per heavy atom. The Hall–Kier alpha value is -1.27. The molecule has 0 fully saturated rings. The van der Waals surface area contributed by atoms with Crippen molar-refractivity contribution in [2.45, 2.75) is 38.6 Å². The van der Waals surface area contributed by atoms with Gasteiger partial charge < -0.3 is 11.1 Å². The summed E-state index contributed by atoms with van der Waals surface area (Å²) < 4.78 is 25.2. The smallest absolute Gasteiger partial charge is 0.242 e. The predicted molar refractivity (Wildman–Crippen MR) is 84.3 cm³/mol. The molecule has 0 heterocycles. The fourth-order valence-electron chi connectivity index (χ4n) is 1.49. The highest BCUT2D eigenvalue weighted by molar-refractivity contribution is 7.89. The first-order valence-electron chi connectivity index (χ1n) is 6.55. The van der Waals surface area contributed by atoms with Crippen molar-refractivity contribution in [1.82, 2.24) is 4.31 Å². The van der Waals surface area contributed by atoms with Crippen molar-refractivity contribution in [1.29, 1.82) is 0 Å². The van der Waals surface area contributed by atoms with Gasteiger partial charge in [-0.3, -0.25) is 0 Å². The van der Waals surface area contributed by atoms with Crippen molar-refractivity contribution in [3.63, 3.8) is 0 Å². The fraction of sp³-hybridized carbons (Fsp3) is 0.571. The second kappa shape index (κ2) is 5.61. The van der Waals surface area contributed by atoms with Crippen molar-refractivity contribution in [3.8, 4) is 0 Å². The Labute approximate surface area is 122 Å². The molecule has 0 saturated carbocycles. The molecule has 0 amide bonds. The average molecular weight is 299 g/mol. The van der Waals surface area contributed by atoms with Crippen LogP contribution in [-0.4, -0.2) is 32.9 Å². The van der Waals surface area contributed by atoms with Crippen LogP contribution in [0, 0.1) is 5.41 Å². The summed E-state index contributed by atoms with van der Waals surface area (Å²) in [5.41, 5.74) is 7.24. The molecule has 0 bridgehead atoms. The van der Waals surface area contributed by atoms with E-state index in [1.54, 1.807) is 12.1 Å². The number of hydrogen-bond acceptors (Lipinski definition) is 4. The Morgan fingerprint density at radius 1 is 1.25 bits per heavy atom. The Morgan fingerprint density at radius 3 is 2.20 bits per heavy atom. The van der Waals surface area contributed by atoms with Crippen LogP contribution in [0.1, 0.15) is 27.7 Å². The third-order valence-corrected chi connectivity index (χ3v) is 5.28. The minimum atomic E-state index is -3.45. The second-order valence-corrected chi connectivity index (χ2v) is 8.42. The normalized spacial score (nSPS) is 14.3. The number of hydrogen-bond donors (Lipinski definition) is 2. The topological polar surface area (TPSA) is 75.4 Å². The van der Waals surface area contributed by atoms with Gasteiger partial charge >= 0.3 is 0 Å². The summed E-state index contributed by atoms with van der Waals surface area (Å²) in [5, 5.41) is 3.32. The predicted octanol–water partition coefficient (Wildman–Crippen LogP) is 2.37. The van der Waals surface area contributed by atoms with Crippen LogP contribution >= 0.6 is 0 Å². The number of benzene rings is 1. The van der Waals surface area contributed by atoms with Crippen LogP contribution in [0.3, 0.4) is 0 Å². The maximum absolute atomic E-state index is 12.0. The van der Waals surface area contributed by atoms with E-state index < -0.39 is 10.0 Å². The molecule has 1 aromatic rings. The minimum absolute atomic E-state index is 0.0842. The van der Waals surface area contributed by atoms with Crippen LogP contribution in [0.25, 0.3) is 0 Å². The van der Waals surface area contributed by atoms with E-state index in [2.05, 4.69) is 33.0 Å². The van der Waals surface area contributed by atoms with E-state index in [0.717, 1.165) is 5.69 Å². The third-order valence-electron chi connectivity index (χ3n) is 3.47. The lowest BCUT2D eigenvalue weighted by Crippen LogP contribution is -2.31. The molecule has 1 rings (SSSR count). The number of nitrogens with one attached hydrogen (secondary N) is 1. The molecule has 6 heteroatoms. The zero-order valence-electron chi connectivity index (χ0n) is 13.1. The molecule has 1 unspecified atom stereocenters. The number of sulfonamides is 1. The quantitative estimate of drug-likeness (QED) is 0.837. The summed E-state index contributed by atoms with van der Waals surface area (Å²) >= 11 is 0. The molecule has 0 spiro atoms. The number of nitrogens with zero attached hydrogens (tertiary/aromatic N) is 1. The summed E-state index contributed by atoms with van der Waals surface area (Å²) in [5.74, 6) is 0. The van der Waals surface area contributed by atoms with E-state index in [1.165, 1.54) is 24.5 Å². The minimum Gasteiger partial charge on any atom is -0.397 e. The van der Waals surface area contributed by atoms with Crippen molar-refractivity contribution in [2.24, 2.45) is 5.41 Å². The number of nitrogen functional groups attached to an aromatic ring is 1. The summed E-state index contributed by atoms with van der Waals surface area (Å²) in [6.45, 7) is 8.47. The molecule has 20 heavy (non-hydrogen) atoms. The van der Waals surface area contributed by atoms with Crippen molar-refractivity contribution < 1.29 is 8.42 Å². The lowest BCUT2D eigenvalue weighted by Gasteiger charge is -2.29. The Kier molecular flexibility index (Phi) is 4.71. The maximum Gasteiger partial charge on any atom is 0.242 e. The highest BCUT2D eigenvalue weighted by Gasteiger charge is 2.22. The molecule has 0 aliphatic carbocycles. The molecule has 3 N–H and O–H groups in total. The molecule has 0 aromatic heterocycles. The van der Waals surface area contributed by atoms with E-state index in [1.807, 2.05) is 0 Å². The fourth-order valence-corrected chi connectivity index (χ4v) is 2.43. The van der Waals surface area contributed by atoms with Crippen LogP contribution in [-0.2, 0) is 10.0 Å². The summed E-state index contributed by atoms with van der Waals surface area (Å²) in [7, 11) is -0.449. The number of nitrogens with two attached hydrogens (primary N) is 1. The zero-order chi connectivity index (χ0) is 15.7. The standard InChI is InChI=1S/C14H25N3O2S/c1-10(14(2,3)4)16-13-8-7-11(9-12(13)15)20(18,19)17(5)6/h7-10,16H,15H2,1-6H3. The highest BCUT2D eigenvalue weighted by Crippen LogP contribution is 2.28. The third kappa shape index (κ3) is 3.64. The van der Waals surface area contributed by atoms with Gasteiger partial charge in [0.05, 0.1) is 16.3 Å². The molecule has 1 aromatic carbocycles. The van der Waals surface area contributed by atoms with Crippen LogP contribution < -0.4 is 11.1 Å². The first kappa shape index (κ1) is 16.8. The van der Waals surface area contributed by atoms with Gasteiger partial charge in [-0.1, -0.05) is 20.8 Å². The molecule has 0 aliphatic rings. The van der Waals surface area contributed by atoms with Gasteiger partial charge in [-0.25, -0.2) is 12.7 Å². The van der Waals surface area contributed by atoms with Crippen molar-refractivity contribution >= 4 is 21.4 Å². The first-order valence-corrected chi connectivity index (χ1v) is 7.99. The lowest BCUT2D eigenvalue weighted by atomic mass is 9.88. The summed E-state index contributed by atoms with van der Waals surface area (Å²) in [4.78, 5) is 0.203. The van der Waals surface area contributed by atoms with Gasteiger partial charge in [0.2, 0.25) is 10.0 Å². The Balaban J connectivity index is 3.07. The van der Waals surface area contributed by atoms with E-state index in [-0.39, 0.29) is 16.4 Å². The summed E-state index contributed by atoms with van der Waals surface area (Å²) in [6.07, 6.45) is 0. The Bertz CT molecular complexity index is 575. The van der Waals surface area contributed by atoms with Crippen molar-refractivity contribution in [3.05, 3.63) is 18.2 Å². The van der Waals surface area contributed by atoms with Crippen molar-refractivity contribution in [2.75, 3.05) is 25.1 Å². The van der Waals surface area contributed by atoms with Gasteiger partial charge in [-0.2, -0.15) is 0 Å². The average Bonchev–Trinajstić information content (AvgIpc) is 2.29. The molecular formula is C14H25N3O2S. The maximum atomic E-state index is 12.0. The molecule has 1 atom stereocenters. The van der Waals surface area contributed by atoms with Crippen LogP contribution in [0.2, 0.25) is 0 Å². The van der Waals surface area contributed by atoms with Gasteiger partial charge in [0.15, 0.2) is 0 Å². The highest BCUT2D eigenvalue weighted by atomic mass is 32.2. The molecule has 0 radical (unpaired) electrons. The molecular weight excluding hydrogens is 274 g/mol. The zero-order valence-corrected chi connectivity index (χ0v) is 13.9. The first-order chi connectivity index (χ1) is 8.96.